The minimum atomic E-state index is -0.710. The molecule has 0 amide bonds. The molecule has 0 saturated carbocycles. The van der Waals surface area contributed by atoms with Crippen molar-refractivity contribution < 1.29 is 23.6 Å². The Hall–Kier alpha value is -1.02. The van der Waals surface area contributed by atoms with Crippen molar-refractivity contribution in [1.29, 1.82) is 0 Å². The predicted molar refractivity (Wildman–Crippen MR) is 100 cm³/mol. The quantitative estimate of drug-likeness (QED) is 0.773. The van der Waals surface area contributed by atoms with Gasteiger partial charge in [0.15, 0.2) is 5.12 Å². The third-order valence-corrected chi connectivity index (χ3v) is 5.57. The van der Waals surface area contributed by atoms with E-state index in [4.69, 9.17) is 20.9 Å². The van der Waals surface area contributed by atoms with Crippen LogP contribution in [-0.2, 0) is 14.1 Å². The average molecular weight is 387 g/mol. The Morgan fingerprint density at radius 2 is 1.88 bits per heavy atom. The van der Waals surface area contributed by atoms with Gasteiger partial charge in [0, 0.05) is 18.2 Å². The lowest BCUT2D eigenvalue weighted by Gasteiger charge is -2.32. The molecule has 0 unspecified atom stereocenters. The maximum atomic E-state index is 13.6. The van der Waals surface area contributed by atoms with E-state index >= 15 is 0 Å². The topological polar surface area (TPSA) is 55.8 Å². The summed E-state index contributed by atoms with van der Waals surface area (Å²) in [5.74, 6) is -0.508. The van der Waals surface area contributed by atoms with E-state index in [-0.39, 0.29) is 21.5 Å². The molecule has 2 rings (SSSR count). The lowest BCUT2D eigenvalue weighted by molar-refractivity contribution is -0.109. The molecule has 1 heterocycles. The Morgan fingerprint density at radius 3 is 2.40 bits per heavy atom. The van der Waals surface area contributed by atoms with E-state index in [1.807, 2.05) is 27.7 Å². The Balaban J connectivity index is 2.42. The van der Waals surface area contributed by atoms with Gasteiger partial charge in [-0.2, -0.15) is 0 Å². The summed E-state index contributed by atoms with van der Waals surface area (Å²) in [5, 5.41) is 9.95. The van der Waals surface area contributed by atoms with E-state index in [2.05, 4.69) is 0 Å². The minimum Gasteiger partial charge on any atom is -0.506 e. The average Bonchev–Trinajstić information content (AvgIpc) is 2.68. The first-order valence-corrected chi connectivity index (χ1v) is 9.17. The fraction of sp³-hybridized carbons (Fsp3) is 0.471. The van der Waals surface area contributed by atoms with Crippen molar-refractivity contribution in [2.75, 3.05) is 5.75 Å². The number of hydrogen-bond donors (Lipinski definition) is 1. The Kier molecular flexibility index (Phi) is 5.94. The molecule has 1 aliphatic rings. The molecular weight excluding hydrogens is 366 g/mol. The summed E-state index contributed by atoms with van der Waals surface area (Å²) in [5.41, 5.74) is -0.298. The Morgan fingerprint density at radius 1 is 1.32 bits per heavy atom. The van der Waals surface area contributed by atoms with Gasteiger partial charge < -0.3 is 14.4 Å². The summed E-state index contributed by atoms with van der Waals surface area (Å²) in [6, 6.07) is 2.21. The van der Waals surface area contributed by atoms with Crippen molar-refractivity contribution in [1.82, 2.24) is 0 Å². The highest BCUT2D eigenvalue weighted by molar-refractivity contribution is 8.13. The monoisotopic (exact) mass is 386 g/mol. The molecule has 25 heavy (non-hydrogen) atoms. The smallest absolute Gasteiger partial charge is 0.491 e. The van der Waals surface area contributed by atoms with Crippen LogP contribution in [0.5, 0.6) is 5.75 Å². The number of thioether (sulfide) groups is 1. The summed E-state index contributed by atoms with van der Waals surface area (Å²) < 4.78 is 25.7. The third kappa shape index (κ3) is 4.59. The van der Waals surface area contributed by atoms with Crippen molar-refractivity contribution in [2.45, 2.75) is 45.8 Å². The van der Waals surface area contributed by atoms with Gasteiger partial charge in [-0.25, -0.2) is 4.39 Å². The van der Waals surface area contributed by atoms with Crippen molar-refractivity contribution in [2.24, 2.45) is 0 Å². The van der Waals surface area contributed by atoms with Gasteiger partial charge in [-0.05, 0) is 45.3 Å². The molecule has 1 aromatic rings. The molecule has 1 aliphatic heterocycles. The van der Waals surface area contributed by atoms with Crippen LogP contribution >= 0.6 is 23.4 Å². The number of carbonyl (C=O) groups is 1. The van der Waals surface area contributed by atoms with E-state index in [0.717, 1.165) is 17.8 Å². The van der Waals surface area contributed by atoms with E-state index in [0.29, 0.717) is 11.2 Å². The lowest BCUT2D eigenvalue weighted by Crippen LogP contribution is -2.41. The largest absolute Gasteiger partial charge is 0.506 e. The summed E-state index contributed by atoms with van der Waals surface area (Å²) in [6.45, 7) is 9.13. The molecular formula is C17H21BClFO4S. The van der Waals surface area contributed by atoms with Crippen LogP contribution in [0, 0.1) is 5.82 Å². The highest BCUT2D eigenvalue weighted by atomic mass is 35.5. The number of halogens is 2. The Bertz CT molecular complexity index is 705. The molecule has 1 saturated heterocycles. The van der Waals surface area contributed by atoms with Crippen molar-refractivity contribution in [3.63, 3.8) is 0 Å². The molecule has 136 valence electrons. The number of hydrogen-bond acceptors (Lipinski definition) is 5. The maximum Gasteiger partial charge on any atom is 0.491 e. The first kappa shape index (κ1) is 20.3. The van der Waals surface area contributed by atoms with E-state index < -0.39 is 24.1 Å². The van der Waals surface area contributed by atoms with Crippen LogP contribution in [0.4, 0.5) is 4.39 Å². The first-order valence-electron chi connectivity index (χ1n) is 7.80. The zero-order valence-corrected chi connectivity index (χ0v) is 16.4. The second kappa shape index (κ2) is 7.31. The minimum absolute atomic E-state index is 0.0658. The zero-order chi connectivity index (χ0) is 19.0. The third-order valence-electron chi connectivity index (χ3n) is 4.40. The van der Waals surface area contributed by atoms with Crippen LogP contribution in [0.15, 0.2) is 17.6 Å². The van der Waals surface area contributed by atoms with Crippen molar-refractivity contribution >= 4 is 41.7 Å². The van der Waals surface area contributed by atoms with Crippen LogP contribution in [0.3, 0.4) is 0 Å². The van der Waals surface area contributed by atoms with Gasteiger partial charge in [0.25, 0.3) is 0 Å². The van der Waals surface area contributed by atoms with Gasteiger partial charge in [0.05, 0.1) is 16.2 Å². The molecule has 0 bridgehead atoms. The van der Waals surface area contributed by atoms with E-state index in [1.165, 1.54) is 13.0 Å². The normalized spacial score (nSPS) is 19.3. The van der Waals surface area contributed by atoms with Crippen molar-refractivity contribution in [3.8, 4) is 5.75 Å². The SMILES string of the molecule is CC(=O)SCC(=Cc1cc(F)cc(Cl)c1O)B1OC(C)(C)C(C)(C)O1. The number of carbonyl (C=O) groups excluding carboxylic acids is 1. The second-order valence-electron chi connectivity index (χ2n) is 6.91. The van der Waals surface area contributed by atoms with Crippen molar-refractivity contribution in [3.05, 3.63) is 34.0 Å². The van der Waals surface area contributed by atoms with Gasteiger partial charge >= 0.3 is 7.12 Å². The van der Waals surface area contributed by atoms with Crippen LogP contribution in [0.2, 0.25) is 5.02 Å². The molecule has 0 radical (unpaired) electrons. The van der Waals surface area contributed by atoms with Crippen LogP contribution in [0.1, 0.15) is 40.2 Å². The zero-order valence-electron chi connectivity index (χ0n) is 14.9. The van der Waals surface area contributed by atoms with Gasteiger partial charge in [0.2, 0.25) is 0 Å². The summed E-state index contributed by atoms with van der Waals surface area (Å²) in [6.07, 6.45) is 1.56. The van der Waals surface area contributed by atoms with Crippen LogP contribution < -0.4 is 0 Å². The van der Waals surface area contributed by atoms with Crippen LogP contribution in [0.25, 0.3) is 6.08 Å². The van der Waals surface area contributed by atoms with Crippen LogP contribution in [-0.4, -0.2) is 34.3 Å². The molecule has 1 N–H and O–H groups in total. The maximum absolute atomic E-state index is 13.6. The molecule has 0 aliphatic carbocycles. The molecule has 4 nitrogen and oxygen atoms in total. The Labute approximate surface area is 156 Å². The van der Waals surface area contributed by atoms with Gasteiger partial charge in [-0.1, -0.05) is 29.4 Å². The van der Waals surface area contributed by atoms with E-state index in [1.54, 1.807) is 6.08 Å². The molecule has 0 aromatic heterocycles. The summed E-state index contributed by atoms with van der Waals surface area (Å²) in [4.78, 5) is 11.4. The number of aromatic hydroxyl groups is 1. The van der Waals surface area contributed by atoms with Gasteiger partial charge in [0.1, 0.15) is 11.6 Å². The standard InChI is InChI=1S/C17H21BClFO4S/c1-10(21)25-9-12(18-23-16(2,3)17(4,5)24-18)6-11-7-13(20)8-14(19)15(11)22/h6-8,22H,9H2,1-5H3. The molecule has 1 aromatic carbocycles. The molecule has 8 heteroatoms. The predicted octanol–water partition coefficient (Wildman–Crippen LogP) is 4.48. The fourth-order valence-corrected chi connectivity index (χ4v) is 3.06. The number of phenolic OH excluding ortho intramolecular Hbond substituents is 1. The van der Waals surface area contributed by atoms with Gasteiger partial charge in [-0.15, -0.1) is 0 Å². The number of rotatable bonds is 4. The highest BCUT2D eigenvalue weighted by Crippen LogP contribution is 2.40. The number of benzene rings is 1. The molecule has 0 atom stereocenters. The number of phenols is 1. The first-order chi connectivity index (χ1) is 11.4. The molecule has 1 fully saturated rings. The summed E-state index contributed by atoms with van der Waals surface area (Å²) >= 11 is 6.92. The molecule has 0 spiro atoms. The second-order valence-corrected chi connectivity index (χ2v) is 8.47. The highest BCUT2D eigenvalue weighted by Gasteiger charge is 2.52. The lowest BCUT2D eigenvalue weighted by atomic mass is 9.78. The van der Waals surface area contributed by atoms with E-state index in [9.17, 15) is 14.3 Å². The fourth-order valence-electron chi connectivity index (χ4n) is 2.25. The van der Waals surface area contributed by atoms with Gasteiger partial charge in [-0.3, -0.25) is 4.79 Å². The summed E-state index contributed by atoms with van der Waals surface area (Å²) in [7, 11) is -0.710.